The van der Waals surface area contributed by atoms with Gasteiger partial charge >= 0.3 is 0 Å². The van der Waals surface area contributed by atoms with Gasteiger partial charge in [-0.3, -0.25) is 14.0 Å². The molecule has 0 saturated carbocycles. The van der Waals surface area contributed by atoms with Gasteiger partial charge in [0.15, 0.2) is 10.9 Å². The normalized spacial score (nSPS) is 11.2. The van der Waals surface area contributed by atoms with Crippen molar-refractivity contribution in [3.63, 3.8) is 0 Å². The summed E-state index contributed by atoms with van der Waals surface area (Å²) in [4.78, 5) is 26.2. The van der Waals surface area contributed by atoms with E-state index in [0.29, 0.717) is 33.1 Å². The molecule has 0 radical (unpaired) electrons. The van der Waals surface area contributed by atoms with Crippen LogP contribution in [0.3, 0.4) is 0 Å². The molecule has 0 spiro atoms. The fourth-order valence-corrected chi connectivity index (χ4v) is 4.65. The van der Waals surface area contributed by atoms with Gasteiger partial charge in [0.1, 0.15) is 5.75 Å². The van der Waals surface area contributed by atoms with Gasteiger partial charge in [-0.05, 0) is 42.8 Å². The lowest BCUT2D eigenvalue weighted by Gasteiger charge is -2.13. The molecule has 2 heterocycles. The van der Waals surface area contributed by atoms with E-state index in [9.17, 15) is 9.59 Å². The van der Waals surface area contributed by atoms with Gasteiger partial charge in [0, 0.05) is 5.56 Å². The lowest BCUT2D eigenvalue weighted by molar-refractivity contribution is 0.102. The molecule has 0 unspecified atom stereocenters. The van der Waals surface area contributed by atoms with Crippen LogP contribution in [0, 0.1) is 6.92 Å². The van der Waals surface area contributed by atoms with E-state index >= 15 is 0 Å². The number of benzene rings is 3. The van der Waals surface area contributed by atoms with Gasteiger partial charge in [0.2, 0.25) is 5.78 Å². The standard InChI is InChI=1S/C25H20N4O3S/c1-16-8-3-5-12-20(16)28-23(31)19-11-4-6-13-21(19)29-24(28)26-27-25(29)33-15-22(30)17-9-7-10-18(14-17)32-2/h3-14H,15H2,1-2H3. The molecule has 0 amide bonds. The Hall–Kier alpha value is -3.91. The summed E-state index contributed by atoms with van der Waals surface area (Å²) in [6.45, 7) is 1.95. The summed E-state index contributed by atoms with van der Waals surface area (Å²) in [6, 6.07) is 22.1. The Morgan fingerprint density at radius 3 is 2.61 bits per heavy atom. The van der Waals surface area contributed by atoms with Crippen LogP contribution >= 0.6 is 11.8 Å². The average Bonchev–Trinajstić information content (AvgIpc) is 3.27. The first-order chi connectivity index (χ1) is 16.1. The Balaban J connectivity index is 1.62. The van der Waals surface area contributed by atoms with Crippen molar-refractivity contribution < 1.29 is 9.53 Å². The number of hydrogen-bond donors (Lipinski definition) is 0. The highest BCUT2D eigenvalue weighted by Crippen LogP contribution is 2.25. The van der Waals surface area contributed by atoms with Gasteiger partial charge < -0.3 is 4.74 Å². The molecule has 164 valence electrons. The Morgan fingerprint density at radius 1 is 1.00 bits per heavy atom. The van der Waals surface area contributed by atoms with E-state index in [1.54, 1.807) is 42.0 Å². The molecular weight excluding hydrogens is 436 g/mol. The number of carbonyl (C=O) groups excluding carboxylic acids is 1. The second-order valence-electron chi connectivity index (χ2n) is 7.51. The van der Waals surface area contributed by atoms with Crippen molar-refractivity contribution in [2.75, 3.05) is 12.9 Å². The van der Waals surface area contributed by atoms with Crippen LogP contribution < -0.4 is 10.3 Å². The molecule has 2 aromatic heterocycles. The summed E-state index contributed by atoms with van der Waals surface area (Å²) in [5.74, 6) is 1.16. The van der Waals surface area contributed by atoms with Gasteiger partial charge in [-0.15, -0.1) is 10.2 Å². The number of methoxy groups -OCH3 is 1. The minimum Gasteiger partial charge on any atom is -0.497 e. The third-order valence-corrected chi connectivity index (χ3v) is 6.40. The predicted molar refractivity (Wildman–Crippen MR) is 129 cm³/mol. The number of aromatic nitrogens is 4. The number of para-hydroxylation sites is 2. The van der Waals surface area contributed by atoms with Crippen LogP contribution in [-0.4, -0.2) is 37.8 Å². The number of rotatable bonds is 6. The maximum atomic E-state index is 13.4. The van der Waals surface area contributed by atoms with Crippen molar-refractivity contribution in [3.05, 3.63) is 94.3 Å². The average molecular weight is 457 g/mol. The van der Waals surface area contributed by atoms with Crippen LogP contribution in [0.15, 0.2) is 82.7 Å². The molecule has 8 heteroatoms. The van der Waals surface area contributed by atoms with Gasteiger partial charge in [0.05, 0.1) is 29.5 Å². The quantitative estimate of drug-likeness (QED) is 0.280. The SMILES string of the molecule is COc1cccc(C(=O)CSc2nnc3n(-c4ccccc4C)c(=O)c4ccccc4n23)c1. The summed E-state index contributed by atoms with van der Waals surface area (Å²) >= 11 is 1.29. The molecule has 7 nitrogen and oxygen atoms in total. The molecule has 5 aromatic rings. The molecule has 0 saturated heterocycles. The number of ketones is 1. The number of nitrogens with zero attached hydrogens (tertiary/aromatic N) is 4. The van der Waals surface area contributed by atoms with Crippen LogP contribution in [0.1, 0.15) is 15.9 Å². The molecule has 5 rings (SSSR count). The Morgan fingerprint density at radius 2 is 1.79 bits per heavy atom. The maximum Gasteiger partial charge on any atom is 0.267 e. The van der Waals surface area contributed by atoms with Crippen molar-refractivity contribution in [2.45, 2.75) is 12.1 Å². The second-order valence-corrected chi connectivity index (χ2v) is 8.45. The van der Waals surface area contributed by atoms with Crippen LogP contribution in [0.25, 0.3) is 22.4 Å². The zero-order valence-corrected chi connectivity index (χ0v) is 18.9. The van der Waals surface area contributed by atoms with Gasteiger partial charge in [-0.1, -0.05) is 54.2 Å². The van der Waals surface area contributed by atoms with Crippen LogP contribution in [-0.2, 0) is 0 Å². The molecule has 0 atom stereocenters. The molecule has 3 aromatic carbocycles. The summed E-state index contributed by atoms with van der Waals surface area (Å²) in [5, 5.41) is 9.78. The fourth-order valence-electron chi connectivity index (χ4n) is 3.81. The first-order valence-electron chi connectivity index (χ1n) is 10.3. The monoisotopic (exact) mass is 456 g/mol. The third-order valence-electron chi connectivity index (χ3n) is 5.48. The van der Waals surface area contributed by atoms with Crippen LogP contribution in [0.2, 0.25) is 0 Å². The second kappa shape index (κ2) is 8.55. The summed E-state index contributed by atoms with van der Waals surface area (Å²) in [5.41, 5.74) is 2.79. The highest BCUT2D eigenvalue weighted by Gasteiger charge is 2.19. The number of Topliss-reactive ketones (excluding diaryl/α,β-unsaturated/α-hetero) is 1. The van der Waals surface area contributed by atoms with Gasteiger partial charge in [0.25, 0.3) is 5.56 Å². The number of thioether (sulfide) groups is 1. The molecule has 0 aliphatic carbocycles. The number of hydrogen-bond acceptors (Lipinski definition) is 6. The van der Waals surface area contributed by atoms with Crippen molar-refractivity contribution >= 4 is 34.2 Å². The van der Waals surface area contributed by atoms with Gasteiger partial charge in [-0.2, -0.15) is 0 Å². The number of ether oxygens (including phenoxy) is 1. The minimum absolute atomic E-state index is 0.0489. The molecule has 0 aliphatic rings. The minimum atomic E-state index is -0.163. The van der Waals surface area contributed by atoms with E-state index in [2.05, 4.69) is 10.2 Å². The van der Waals surface area contributed by atoms with E-state index in [-0.39, 0.29) is 17.1 Å². The third kappa shape index (κ3) is 3.68. The molecular formula is C25H20N4O3S. The molecule has 0 aliphatic heterocycles. The van der Waals surface area contributed by atoms with Crippen LogP contribution in [0.4, 0.5) is 0 Å². The van der Waals surface area contributed by atoms with E-state index in [4.69, 9.17) is 4.74 Å². The van der Waals surface area contributed by atoms with Crippen molar-refractivity contribution in [1.82, 2.24) is 19.2 Å². The zero-order valence-electron chi connectivity index (χ0n) is 18.1. The maximum absolute atomic E-state index is 13.4. The summed E-state index contributed by atoms with van der Waals surface area (Å²) in [6.07, 6.45) is 0. The molecule has 0 N–H and O–H groups in total. The van der Waals surface area contributed by atoms with Gasteiger partial charge in [-0.25, -0.2) is 4.57 Å². The summed E-state index contributed by atoms with van der Waals surface area (Å²) in [7, 11) is 1.57. The smallest absolute Gasteiger partial charge is 0.267 e. The topological polar surface area (TPSA) is 78.5 Å². The van der Waals surface area contributed by atoms with E-state index in [0.717, 1.165) is 11.3 Å². The van der Waals surface area contributed by atoms with E-state index in [1.807, 2.05) is 53.8 Å². The number of carbonyl (C=O) groups is 1. The molecule has 33 heavy (non-hydrogen) atoms. The van der Waals surface area contributed by atoms with E-state index in [1.165, 1.54) is 11.8 Å². The lowest BCUT2D eigenvalue weighted by Crippen LogP contribution is -2.22. The van der Waals surface area contributed by atoms with Crippen molar-refractivity contribution in [3.8, 4) is 11.4 Å². The van der Waals surface area contributed by atoms with E-state index < -0.39 is 0 Å². The summed E-state index contributed by atoms with van der Waals surface area (Å²) < 4.78 is 8.64. The Kier molecular flexibility index (Phi) is 5.43. The zero-order chi connectivity index (χ0) is 22.9. The first-order valence-corrected chi connectivity index (χ1v) is 11.3. The first kappa shape index (κ1) is 21.0. The Labute approximate surface area is 193 Å². The van der Waals surface area contributed by atoms with Crippen molar-refractivity contribution in [1.29, 1.82) is 0 Å². The highest BCUT2D eigenvalue weighted by atomic mass is 32.2. The molecule has 0 bridgehead atoms. The Bertz CT molecular complexity index is 1570. The number of aryl methyl sites for hydroxylation is 1. The predicted octanol–water partition coefficient (Wildman–Crippen LogP) is 4.33. The lowest BCUT2D eigenvalue weighted by atomic mass is 10.1. The fraction of sp³-hybridized carbons (Fsp3) is 0.120. The number of fused-ring (bicyclic) bond motifs is 3. The highest BCUT2D eigenvalue weighted by molar-refractivity contribution is 7.99. The molecule has 0 fully saturated rings. The van der Waals surface area contributed by atoms with Crippen molar-refractivity contribution in [2.24, 2.45) is 0 Å². The van der Waals surface area contributed by atoms with Crippen LogP contribution in [0.5, 0.6) is 5.75 Å². The largest absolute Gasteiger partial charge is 0.497 e.